The second-order valence-corrected chi connectivity index (χ2v) is 6.55. The maximum absolute atomic E-state index is 12.6. The van der Waals surface area contributed by atoms with Crippen LogP contribution in [-0.2, 0) is 6.61 Å². The summed E-state index contributed by atoms with van der Waals surface area (Å²) in [6.45, 7) is 6.04. The second kappa shape index (κ2) is 8.61. The molecular weight excluding hydrogens is 356 g/mol. The van der Waals surface area contributed by atoms with Gasteiger partial charge in [0.25, 0.3) is 5.91 Å². The number of hydrogen-bond donors (Lipinski definition) is 1. The van der Waals surface area contributed by atoms with Gasteiger partial charge in [-0.25, -0.2) is 0 Å². The monoisotopic (exact) mass is 380 g/mol. The molecule has 6 heteroatoms. The fourth-order valence-corrected chi connectivity index (χ4v) is 2.95. The van der Waals surface area contributed by atoms with Crippen molar-refractivity contribution in [3.8, 4) is 11.5 Å². The van der Waals surface area contributed by atoms with Crippen molar-refractivity contribution in [1.29, 1.82) is 0 Å². The van der Waals surface area contributed by atoms with E-state index in [9.17, 15) is 4.79 Å². The number of ether oxygens (including phenoxy) is 2. The van der Waals surface area contributed by atoms with Crippen molar-refractivity contribution in [3.05, 3.63) is 76.7 Å². The Morgan fingerprint density at radius 2 is 1.86 bits per heavy atom. The molecule has 1 amide bonds. The molecule has 1 atom stereocenters. The zero-order valence-corrected chi connectivity index (χ0v) is 16.5. The van der Waals surface area contributed by atoms with Gasteiger partial charge < -0.3 is 19.3 Å². The molecule has 0 fully saturated rings. The van der Waals surface area contributed by atoms with E-state index >= 15 is 0 Å². The molecule has 0 bridgehead atoms. The van der Waals surface area contributed by atoms with Crippen LogP contribution in [0.1, 0.15) is 45.9 Å². The molecule has 3 aromatic rings. The number of methoxy groups -OCH3 is 1. The fourth-order valence-electron chi connectivity index (χ4n) is 2.95. The molecule has 1 unspecified atom stereocenters. The average Bonchev–Trinajstić information content (AvgIpc) is 3.04. The number of nitrogens with one attached hydrogen (secondary N) is 1. The number of hydrogen-bond acceptors (Lipinski definition) is 5. The first kappa shape index (κ1) is 19.5. The first-order chi connectivity index (χ1) is 13.5. The molecule has 146 valence electrons. The third kappa shape index (κ3) is 4.34. The van der Waals surface area contributed by atoms with E-state index in [1.807, 2.05) is 45.0 Å². The fraction of sp³-hybridized carbons (Fsp3) is 0.273. The summed E-state index contributed by atoms with van der Waals surface area (Å²) in [6.07, 6.45) is 0. The highest BCUT2D eigenvalue weighted by molar-refractivity contribution is 5.94. The van der Waals surface area contributed by atoms with Crippen molar-refractivity contribution in [1.82, 2.24) is 10.5 Å². The van der Waals surface area contributed by atoms with Crippen LogP contribution in [0.3, 0.4) is 0 Å². The van der Waals surface area contributed by atoms with E-state index in [0.717, 1.165) is 28.3 Å². The maximum atomic E-state index is 12.6. The van der Waals surface area contributed by atoms with Crippen LogP contribution in [0.5, 0.6) is 11.5 Å². The Morgan fingerprint density at radius 3 is 2.50 bits per heavy atom. The Balaban J connectivity index is 1.62. The van der Waals surface area contributed by atoms with Gasteiger partial charge in [0.15, 0.2) is 0 Å². The predicted molar refractivity (Wildman–Crippen MR) is 106 cm³/mol. The SMILES string of the molecule is COc1ccccc1C(C)NC(=O)c1ccc(OCc2c(C)noc2C)cc1. The number of carbonyl (C=O) groups excluding carboxylic acids is 1. The van der Waals surface area contributed by atoms with Crippen molar-refractivity contribution in [2.24, 2.45) is 0 Å². The molecule has 1 N–H and O–H groups in total. The Morgan fingerprint density at radius 1 is 1.14 bits per heavy atom. The molecule has 0 radical (unpaired) electrons. The van der Waals surface area contributed by atoms with Gasteiger partial charge in [-0.1, -0.05) is 23.4 Å². The quantitative estimate of drug-likeness (QED) is 0.659. The number of aromatic nitrogens is 1. The molecule has 6 nitrogen and oxygen atoms in total. The van der Waals surface area contributed by atoms with Crippen molar-refractivity contribution in [2.45, 2.75) is 33.4 Å². The van der Waals surface area contributed by atoms with Crippen LogP contribution in [0.15, 0.2) is 53.1 Å². The number of aryl methyl sites for hydroxylation is 2. The van der Waals surface area contributed by atoms with E-state index in [1.165, 1.54) is 0 Å². The number of amides is 1. The van der Waals surface area contributed by atoms with Crippen molar-refractivity contribution in [2.75, 3.05) is 7.11 Å². The highest BCUT2D eigenvalue weighted by atomic mass is 16.5. The van der Waals surface area contributed by atoms with Gasteiger partial charge in [-0.3, -0.25) is 4.79 Å². The summed E-state index contributed by atoms with van der Waals surface area (Å²) in [6, 6.07) is 14.5. The number of benzene rings is 2. The lowest BCUT2D eigenvalue weighted by Gasteiger charge is -2.17. The minimum absolute atomic E-state index is 0.157. The van der Waals surface area contributed by atoms with Gasteiger partial charge in [-0.2, -0.15) is 0 Å². The van der Waals surface area contributed by atoms with Crippen LogP contribution in [0.4, 0.5) is 0 Å². The van der Waals surface area contributed by atoms with Crippen LogP contribution in [0.2, 0.25) is 0 Å². The Bertz CT molecular complexity index is 928. The first-order valence-corrected chi connectivity index (χ1v) is 9.08. The summed E-state index contributed by atoms with van der Waals surface area (Å²) in [7, 11) is 1.62. The number of carbonyl (C=O) groups is 1. The summed E-state index contributed by atoms with van der Waals surface area (Å²) in [5, 5.41) is 6.91. The Kier molecular flexibility index (Phi) is 5.99. The van der Waals surface area contributed by atoms with Crippen LogP contribution >= 0.6 is 0 Å². The van der Waals surface area contributed by atoms with Gasteiger partial charge >= 0.3 is 0 Å². The highest BCUT2D eigenvalue weighted by Gasteiger charge is 2.15. The zero-order chi connectivity index (χ0) is 20.1. The number of para-hydroxylation sites is 1. The van der Waals surface area contributed by atoms with Crippen molar-refractivity contribution in [3.63, 3.8) is 0 Å². The molecule has 0 aliphatic rings. The molecule has 0 aliphatic heterocycles. The summed E-state index contributed by atoms with van der Waals surface area (Å²) in [5.41, 5.74) is 3.25. The van der Waals surface area contributed by atoms with Crippen molar-refractivity contribution >= 4 is 5.91 Å². The largest absolute Gasteiger partial charge is 0.496 e. The second-order valence-electron chi connectivity index (χ2n) is 6.55. The van der Waals surface area contributed by atoms with Crippen LogP contribution in [-0.4, -0.2) is 18.2 Å². The molecule has 0 saturated carbocycles. The van der Waals surface area contributed by atoms with Gasteiger partial charge in [0, 0.05) is 11.1 Å². The summed E-state index contributed by atoms with van der Waals surface area (Å²) in [5.74, 6) is 2.02. The van der Waals surface area contributed by atoms with Crippen molar-refractivity contribution < 1.29 is 18.8 Å². The number of nitrogens with zero attached hydrogens (tertiary/aromatic N) is 1. The lowest BCUT2D eigenvalue weighted by atomic mass is 10.1. The highest BCUT2D eigenvalue weighted by Crippen LogP contribution is 2.25. The van der Waals surface area contributed by atoms with E-state index in [2.05, 4.69) is 10.5 Å². The molecule has 1 aromatic heterocycles. The van der Waals surface area contributed by atoms with E-state index in [1.54, 1.807) is 31.4 Å². The van der Waals surface area contributed by atoms with E-state index < -0.39 is 0 Å². The average molecular weight is 380 g/mol. The van der Waals surface area contributed by atoms with Crippen LogP contribution in [0, 0.1) is 13.8 Å². The standard InChI is InChI=1S/C22H24N2O4/c1-14(19-7-5-6-8-21(19)26-4)23-22(25)17-9-11-18(12-10-17)27-13-20-15(2)24-28-16(20)3/h5-12,14H,13H2,1-4H3,(H,23,25). The first-order valence-electron chi connectivity index (χ1n) is 9.08. The third-order valence-electron chi connectivity index (χ3n) is 4.63. The van der Waals surface area contributed by atoms with Crippen LogP contribution < -0.4 is 14.8 Å². The molecule has 3 rings (SSSR count). The van der Waals surface area contributed by atoms with Gasteiger partial charge in [-0.15, -0.1) is 0 Å². The minimum Gasteiger partial charge on any atom is -0.496 e. The van der Waals surface area contributed by atoms with Gasteiger partial charge in [-0.05, 0) is 51.1 Å². The molecular formula is C22H24N2O4. The lowest BCUT2D eigenvalue weighted by molar-refractivity contribution is 0.0939. The Hall–Kier alpha value is -3.28. The van der Waals surface area contributed by atoms with Crippen LogP contribution in [0.25, 0.3) is 0 Å². The lowest BCUT2D eigenvalue weighted by Crippen LogP contribution is -2.26. The summed E-state index contributed by atoms with van der Waals surface area (Å²) in [4.78, 5) is 12.6. The van der Waals surface area contributed by atoms with E-state index in [0.29, 0.717) is 17.9 Å². The molecule has 0 spiro atoms. The smallest absolute Gasteiger partial charge is 0.251 e. The zero-order valence-electron chi connectivity index (χ0n) is 16.5. The molecule has 1 heterocycles. The molecule has 0 aliphatic carbocycles. The Labute approximate surface area is 164 Å². The molecule has 2 aromatic carbocycles. The molecule has 28 heavy (non-hydrogen) atoms. The van der Waals surface area contributed by atoms with Gasteiger partial charge in [0.2, 0.25) is 0 Å². The van der Waals surface area contributed by atoms with E-state index in [4.69, 9.17) is 14.0 Å². The normalized spacial score (nSPS) is 11.7. The molecule has 0 saturated heterocycles. The number of rotatable bonds is 7. The minimum atomic E-state index is -0.181. The summed E-state index contributed by atoms with van der Waals surface area (Å²) >= 11 is 0. The summed E-state index contributed by atoms with van der Waals surface area (Å²) < 4.78 is 16.3. The topological polar surface area (TPSA) is 73.6 Å². The predicted octanol–water partition coefficient (Wildman–Crippen LogP) is 4.37. The van der Waals surface area contributed by atoms with Gasteiger partial charge in [0.1, 0.15) is 23.9 Å². The third-order valence-corrected chi connectivity index (χ3v) is 4.63. The van der Waals surface area contributed by atoms with E-state index in [-0.39, 0.29) is 11.9 Å². The van der Waals surface area contributed by atoms with Gasteiger partial charge in [0.05, 0.1) is 24.4 Å². The maximum Gasteiger partial charge on any atom is 0.251 e.